The van der Waals surface area contributed by atoms with E-state index in [1.165, 1.54) is 0 Å². The summed E-state index contributed by atoms with van der Waals surface area (Å²) in [4.78, 5) is 22.0. The molecule has 17 heavy (non-hydrogen) atoms. The summed E-state index contributed by atoms with van der Waals surface area (Å²) < 4.78 is 1.39. The first kappa shape index (κ1) is 14.1. The van der Waals surface area contributed by atoms with Crippen LogP contribution in [-0.4, -0.2) is 34.7 Å². The highest BCUT2D eigenvalue weighted by Crippen LogP contribution is 2.21. The molecule has 0 fully saturated rings. The largest absolute Gasteiger partial charge is 0.479 e. The number of aliphatic hydroxyl groups is 1. The highest BCUT2D eigenvalue weighted by Gasteiger charge is 2.16. The lowest BCUT2D eigenvalue weighted by Crippen LogP contribution is -2.36. The van der Waals surface area contributed by atoms with Gasteiger partial charge in [-0.3, -0.25) is 4.79 Å². The van der Waals surface area contributed by atoms with E-state index in [1.807, 2.05) is 0 Å². The number of carbonyl (C=O) groups is 2. The molecule has 0 aliphatic heterocycles. The molecule has 0 aromatic heterocycles. The fourth-order valence-corrected chi connectivity index (χ4v) is 2.27. The van der Waals surface area contributed by atoms with Gasteiger partial charge < -0.3 is 15.5 Å². The van der Waals surface area contributed by atoms with Crippen LogP contribution in [-0.2, 0) is 4.79 Å². The number of amides is 1. The number of carbonyl (C=O) groups excluding carboxylic acids is 1. The molecule has 0 radical (unpaired) electrons. The van der Waals surface area contributed by atoms with Crippen molar-refractivity contribution in [1.82, 2.24) is 5.32 Å². The van der Waals surface area contributed by atoms with Crippen molar-refractivity contribution < 1.29 is 19.8 Å². The van der Waals surface area contributed by atoms with Crippen molar-refractivity contribution in [2.45, 2.75) is 6.10 Å². The number of hydrogen-bond donors (Lipinski definition) is 3. The zero-order valence-electron chi connectivity index (χ0n) is 8.48. The Balaban J connectivity index is 2.67. The number of halogens is 2. The number of carboxylic acid groups (broad SMARTS) is 1. The van der Waals surface area contributed by atoms with Crippen molar-refractivity contribution in [2.24, 2.45) is 0 Å². The zero-order valence-corrected chi connectivity index (χ0v) is 11.7. The summed E-state index contributed by atoms with van der Waals surface area (Å²) in [6.07, 6.45) is -1.60. The van der Waals surface area contributed by atoms with E-state index in [2.05, 4.69) is 37.2 Å². The molecule has 1 aromatic carbocycles. The van der Waals surface area contributed by atoms with E-state index in [9.17, 15) is 9.59 Å². The fourth-order valence-electron chi connectivity index (χ4n) is 1.05. The molecule has 92 valence electrons. The summed E-state index contributed by atoms with van der Waals surface area (Å²) in [5.41, 5.74) is 0.366. The van der Waals surface area contributed by atoms with E-state index >= 15 is 0 Å². The molecule has 0 aliphatic rings. The van der Waals surface area contributed by atoms with E-state index in [1.54, 1.807) is 18.2 Å². The maximum absolute atomic E-state index is 11.6. The Morgan fingerprint density at radius 1 is 1.35 bits per heavy atom. The summed E-state index contributed by atoms with van der Waals surface area (Å²) in [6.45, 7) is -0.337. The maximum Gasteiger partial charge on any atom is 0.334 e. The molecule has 3 N–H and O–H groups in total. The Kier molecular flexibility index (Phi) is 5.10. The topological polar surface area (TPSA) is 86.6 Å². The van der Waals surface area contributed by atoms with Gasteiger partial charge in [-0.05, 0) is 34.1 Å². The number of hydrogen-bond acceptors (Lipinski definition) is 3. The molecular weight excluding hydrogens is 358 g/mol. The van der Waals surface area contributed by atoms with Crippen molar-refractivity contribution in [2.75, 3.05) is 6.54 Å². The van der Waals surface area contributed by atoms with E-state index in [0.29, 0.717) is 10.0 Å². The van der Waals surface area contributed by atoms with Crippen LogP contribution in [0.3, 0.4) is 0 Å². The summed E-state index contributed by atoms with van der Waals surface area (Å²) >= 11 is 6.46. The number of benzene rings is 1. The van der Waals surface area contributed by atoms with Gasteiger partial charge in [-0.1, -0.05) is 15.9 Å². The van der Waals surface area contributed by atoms with E-state index in [4.69, 9.17) is 10.2 Å². The Morgan fingerprint density at radius 3 is 2.53 bits per heavy atom. The number of nitrogens with one attached hydrogen (secondary N) is 1. The van der Waals surface area contributed by atoms with Crippen LogP contribution in [0, 0.1) is 0 Å². The third-order valence-corrected chi connectivity index (χ3v) is 3.07. The number of carboxylic acids is 1. The molecule has 0 saturated carbocycles. The lowest BCUT2D eigenvalue weighted by atomic mass is 10.2. The first-order valence-corrected chi connectivity index (χ1v) is 6.14. The second-order valence-electron chi connectivity index (χ2n) is 3.19. The van der Waals surface area contributed by atoms with Crippen LogP contribution in [0.4, 0.5) is 0 Å². The summed E-state index contributed by atoms with van der Waals surface area (Å²) in [5, 5.41) is 19.8. The van der Waals surface area contributed by atoms with E-state index in [-0.39, 0.29) is 6.54 Å². The van der Waals surface area contributed by atoms with E-state index < -0.39 is 18.0 Å². The molecule has 1 unspecified atom stereocenters. The second kappa shape index (κ2) is 6.13. The molecule has 5 nitrogen and oxygen atoms in total. The molecule has 0 aliphatic carbocycles. The number of aliphatic carboxylic acids is 1. The van der Waals surface area contributed by atoms with Gasteiger partial charge in [0.2, 0.25) is 0 Å². The van der Waals surface area contributed by atoms with Crippen LogP contribution in [0.5, 0.6) is 0 Å². The molecule has 1 atom stereocenters. The van der Waals surface area contributed by atoms with Gasteiger partial charge in [0, 0.05) is 8.95 Å². The van der Waals surface area contributed by atoms with Gasteiger partial charge in [-0.2, -0.15) is 0 Å². The highest BCUT2D eigenvalue weighted by molar-refractivity contribution is 9.11. The highest BCUT2D eigenvalue weighted by atomic mass is 79.9. The van der Waals surface area contributed by atoms with Gasteiger partial charge in [-0.15, -0.1) is 0 Å². The normalized spacial score (nSPS) is 11.9. The zero-order chi connectivity index (χ0) is 13.0. The quantitative estimate of drug-likeness (QED) is 0.751. The molecule has 1 aromatic rings. The van der Waals surface area contributed by atoms with Gasteiger partial charge in [0.1, 0.15) is 0 Å². The van der Waals surface area contributed by atoms with Crippen molar-refractivity contribution >= 4 is 43.7 Å². The van der Waals surface area contributed by atoms with Crippen LogP contribution in [0.25, 0.3) is 0 Å². The van der Waals surface area contributed by atoms with E-state index in [0.717, 1.165) is 4.47 Å². The molecule has 1 rings (SSSR count). The summed E-state index contributed by atoms with van der Waals surface area (Å²) in [6, 6.07) is 4.96. The van der Waals surface area contributed by atoms with Crippen LogP contribution in [0.15, 0.2) is 27.1 Å². The smallest absolute Gasteiger partial charge is 0.334 e. The Hall–Kier alpha value is -0.920. The molecule has 0 saturated heterocycles. The average Bonchev–Trinajstić information content (AvgIpc) is 2.25. The molecule has 0 heterocycles. The van der Waals surface area contributed by atoms with Gasteiger partial charge in [0.25, 0.3) is 5.91 Å². The lowest BCUT2D eigenvalue weighted by molar-refractivity contribution is -0.146. The van der Waals surface area contributed by atoms with Crippen molar-refractivity contribution in [1.29, 1.82) is 0 Å². The van der Waals surface area contributed by atoms with Crippen molar-refractivity contribution in [3.8, 4) is 0 Å². The van der Waals surface area contributed by atoms with Crippen LogP contribution >= 0.6 is 31.9 Å². The first-order valence-electron chi connectivity index (χ1n) is 4.56. The first-order chi connectivity index (χ1) is 7.91. The predicted octanol–water partition coefficient (Wildman–Crippen LogP) is 1.39. The molecule has 0 spiro atoms. The van der Waals surface area contributed by atoms with Crippen LogP contribution < -0.4 is 5.32 Å². The molecule has 1 amide bonds. The number of aliphatic hydroxyl groups excluding tert-OH is 1. The monoisotopic (exact) mass is 365 g/mol. The number of rotatable bonds is 4. The van der Waals surface area contributed by atoms with Gasteiger partial charge in [0.15, 0.2) is 6.10 Å². The average molecular weight is 367 g/mol. The predicted molar refractivity (Wildman–Crippen MR) is 67.8 cm³/mol. The Labute approximate surface area is 114 Å². The fraction of sp³-hybridized carbons (Fsp3) is 0.200. The molecule has 7 heteroatoms. The minimum absolute atomic E-state index is 0.337. The third-order valence-electron chi connectivity index (χ3n) is 1.92. The SMILES string of the molecule is O=C(NCC(O)C(=O)O)c1ccc(Br)cc1Br. The second-order valence-corrected chi connectivity index (χ2v) is 4.96. The van der Waals surface area contributed by atoms with Crippen molar-refractivity contribution in [3.05, 3.63) is 32.7 Å². The minimum Gasteiger partial charge on any atom is -0.479 e. The van der Waals surface area contributed by atoms with Gasteiger partial charge in [0.05, 0.1) is 12.1 Å². The Morgan fingerprint density at radius 2 is 2.00 bits per heavy atom. The van der Waals surface area contributed by atoms with Gasteiger partial charge in [-0.25, -0.2) is 4.79 Å². The van der Waals surface area contributed by atoms with Crippen LogP contribution in [0.2, 0.25) is 0 Å². The van der Waals surface area contributed by atoms with Crippen LogP contribution in [0.1, 0.15) is 10.4 Å². The summed E-state index contributed by atoms with van der Waals surface area (Å²) in [5.74, 6) is -1.83. The molecule has 0 bridgehead atoms. The third kappa shape index (κ3) is 4.10. The van der Waals surface area contributed by atoms with Crippen molar-refractivity contribution in [3.63, 3.8) is 0 Å². The molecular formula is C10H9Br2NO4. The summed E-state index contributed by atoms with van der Waals surface area (Å²) in [7, 11) is 0. The lowest BCUT2D eigenvalue weighted by Gasteiger charge is -2.09. The minimum atomic E-state index is -1.60. The van der Waals surface area contributed by atoms with Gasteiger partial charge >= 0.3 is 5.97 Å². The maximum atomic E-state index is 11.6. The standard InChI is InChI=1S/C10H9Br2NO4/c11-5-1-2-6(7(12)3-5)9(15)13-4-8(14)10(16)17/h1-3,8,14H,4H2,(H,13,15)(H,16,17). The Bertz CT molecular complexity index is 450.